The maximum Gasteiger partial charge on any atom is 0.283 e. The van der Waals surface area contributed by atoms with Gasteiger partial charge in [0.05, 0.1) is 12.5 Å². The molecule has 1 N–H and O–H groups in total. The first-order chi connectivity index (χ1) is 14.9. The number of pyridine rings is 1. The Hall–Kier alpha value is -3.81. The Morgan fingerprint density at radius 3 is 2.45 bits per heavy atom. The Labute approximate surface area is 177 Å². The number of Topliss-reactive ketones (excluding diaryl/α,β-unsaturated/α-hetero) is 1. The van der Waals surface area contributed by atoms with Crippen molar-refractivity contribution in [2.45, 2.75) is 32.6 Å². The Kier molecular flexibility index (Phi) is 4.43. The number of hydrogen-bond donors (Lipinski definition) is 1. The van der Waals surface area contributed by atoms with Gasteiger partial charge < -0.3 is 4.74 Å². The average Bonchev–Trinajstić information content (AvgIpc) is 3.10. The van der Waals surface area contributed by atoms with Gasteiger partial charge in [-0.05, 0) is 55.5 Å². The van der Waals surface area contributed by atoms with Gasteiger partial charge in [-0.3, -0.25) is 14.7 Å². The van der Waals surface area contributed by atoms with Crippen molar-refractivity contribution in [2.24, 2.45) is 0 Å². The number of rotatable bonds is 3. The summed E-state index contributed by atoms with van der Waals surface area (Å²) >= 11 is 0. The van der Waals surface area contributed by atoms with E-state index in [-0.39, 0.29) is 23.2 Å². The maximum absolute atomic E-state index is 13.3. The van der Waals surface area contributed by atoms with E-state index in [1.807, 2.05) is 44.2 Å². The van der Waals surface area contributed by atoms with Crippen molar-refractivity contribution in [2.75, 3.05) is 7.11 Å². The second kappa shape index (κ2) is 7.16. The number of ether oxygens (including phenoxy) is 1. The van der Waals surface area contributed by atoms with E-state index in [9.17, 15) is 9.59 Å². The van der Waals surface area contributed by atoms with Crippen LogP contribution in [0.1, 0.15) is 45.2 Å². The SMILES string of the molecule is COc1ccc([C@@H]2CC(=O)c3cnc4[nH]n(-c5nc(C)cc(C)n5)c(=O)c4c3C2)cc1. The van der Waals surface area contributed by atoms with Crippen molar-refractivity contribution < 1.29 is 9.53 Å². The lowest BCUT2D eigenvalue weighted by molar-refractivity contribution is 0.0964. The predicted octanol–water partition coefficient (Wildman–Crippen LogP) is 3.04. The minimum absolute atomic E-state index is 0.00809. The third kappa shape index (κ3) is 3.20. The molecule has 1 aromatic carbocycles. The first-order valence-electron chi connectivity index (χ1n) is 10.1. The molecule has 0 saturated carbocycles. The summed E-state index contributed by atoms with van der Waals surface area (Å²) in [5.74, 6) is 1.01. The summed E-state index contributed by atoms with van der Waals surface area (Å²) in [7, 11) is 1.62. The zero-order valence-corrected chi connectivity index (χ0v) is 17.5. The Bertz CT molecular complexity index is 1360. The highest BCUT2D eigenvalue weighted by Crippen LogP contribution is 2.35. The van der Waals surface area contributed by atoms with Crippen LogP contribution in [0.15, 0.2) is 41.3 Å². The van der Waals surface area contributed by atoms with Crippen LogP contribution in [0.3, 0.4) is 0 Å². The molecule has 8 nitrogen and oxygen atoms in total. The highest BCUT2D eigenvalue weighted by atomic mass is 16.5. The van der Waals surface area contributed by atoms with Crippen LogP contribution in [0, 0.1) is 13.8 Å². The zero-order chi connectivity index (χ0) is 21.7. The Morgan fingerprint density at radius 2 is 1.77 bits per heavy atom. The number of methoxy groups -OCH3 is 1. The molecule has 4 aromatic rings. The smallest absolute Gasteiger partial charge is 0.283 e. The van der Waals surface area contributed by atoms with Crippen LogP contribution in [0.4, 0.5) is 0 Å². The van der Waals surface area contributed by atoms with Crippen LogP contribution < -0.4 is 10.3 Å². The van der Waals surface area contributed by atoms with Crippen molar-refractivity contribution in [3.8, 4) is 11.7 Å². The molecule has 1 aliphatic rings. The van der Waals surface area contributed by atoms with Crippen LogP contribution >= 0.6 is 0 Å². The molecule has 156 valence electrons. The summed E-state index contributed by atoms with van der Waals surface area (Å²) in [5, 5.41) is 3.43. The lowest BCUT2D eigenvalue weighted by Gasteiger charge is -2.24. The molecule has 0 amide bonds. The lowest BCUT2D eigenvalue weighted by atomic mass is 9.79. The minimum atomic E-state index is -0.299. The van der Waals surface area contributed by atoms with Gasteiger partial charge in [0.1, 0.15) is 5.75 Å². The lowest BCUT2D eigenvalue weighted by Crippen LogP contribution is -2.22. The van der Waals surface area contributed by atoms with Gasteiger partial charge in [-0.2, -0.15) is 4.68 Å². The average molecular weight is 415 g/mol. The molecule has 0 unspecified atom stereocenters. The number of nitrogens with one attached hydrogen (secondary N) is 1. The van der Waals surface area contributed by atoms with Crippen molar-refractivity contribution in [3.63, 3.8) is 0 Å². The summed E-state index contributed by atoms with van der Waals surface area (Å²) in [6.45, 7) is 3.70. The van der Waals surface area contributed by atoms with Gasteiger partial charge in [0.2, 0.25) is 0 Å². The summed E-state index contributed by atoms with van der Waals surface area (Å²) in [6.07, 6.45) is 2.52. The fourth-order valence-corrected chi connectivity index (χ4v) is 4.30. The van der Waals surface area contributed by atoms with E-state index < -0.39 is 0 Å². The van der Waals surface area contributed by atoms with E-state index in [1.165, 1.54) is 4.68 Å². The van der Waals surface area contributed by atoms with Crippen molar-refractivity contribution in [1.29, 1.82) is 0 Å². The fourth-order valence-electron chi connectivity index (χ4n) is 4.30. The first-order valence-corrected chi connectivity index (χ1v) is 10.1. The molecule has 0 spiro atoms. The molecular formula is C23H21N5O3. The quantitative estimate of drug-likeness (QED) is 0.552. The number of H-pyrrole nitrogens is 1. The third-order valence-electron chi connectivity index (χ3n) is 5.76. The molecule has 0 saturated heterocycles. The van der Waals surface area contributed by atoms with E-state index in [4.69, 9.17) is 4.74 Å². The standard InChI is InChI=1S/C23H21N5O3/c1-12-8-13(2)26-23(25-12)28-22(30)20-17-9-15(14-4-6-16(31-3)7-5-14)10-19(29)18(17)11-24-21(20)27-28/h4-8,11,15H,9-10H2,1-3H3,(H,24,27)/t15-/m0/s1. The van der Waals surface area contributed by atoms with Gasteiger partial charge in [0.15, 0.2) is 11.4 Å². The van der Waals surface area contributed by atoms with Crippen LogP contribution in [-0.4, -0.2) is 37.6 Å². The normalized spacial score (nSPS) is 15.8. The number of benzene rings is 1. The summed E-state index contributed by atoms with van der Waals surface area (Å²) in [6, 6.07) is 9.56. The maximum atomic E-state index is 13.3. The summed E-state index contributed by atoms with van der Waals surface area (Å²) < 4.78 is 6.54. The van der Waals surface area contributed by atoms with Crippen molar-refractivity contribution >= 4 is 16.8 Å². The van der Waals surface area contributed by atoms with Gasteiger partial charge in [-0.1, -0.05) is 12.1 Å². The van der Waals surface area contributed by atoms with E-state index in [1.54, 1.807) is 13.3 Å². The molecule has 0 bridgehead atoms. The zero-order valence-electron chi connectivity index (χ0n) is 17.5. The van der Waals surface area contributed by atoms with Gasteiger partial charge in [-0.25, -0.2) is 15.0 Å². The Morgan fingerprint density at radius 1 is 1.06 bits per heavy atom. The van der Waals surface area contributed by atoms with E-state index in [0.717, 1.165) is 28.3 Å². The predicted molar refractivity (Wildman–Crippen MR) is 115 cm³/mol. The molecule has 31 heavy (non-hydrogen) atoms. The topological polar surface area (TPSA) is 103 Å². The molecular weight excluding hydrogens is 394 g/mol. The monoisotopic (exact) mass is 415 g/mol. The molecule has 1 atom stereocenters. The van der Waals surface area contributed by atoms with Crippen LogP contribution in [0.25, 0.3) is 17.0 Å². The minimum Gasteiger partial charge on any atom is -0.497 e. The second-order valence-electron chi connectivity index (χ2n) is 7.88. The van der Waals surface area contributed by atoms with Crippen LogP contribution in [0.5, 0.6) is 5.75 Å². The summed E-state index contributed by atoms with van der Waals surface area (Å²) in [5.41, 5.74) is 3.93. The number of aromatic nitrogens is 5. The molecule has 0 radical (unpaired) electrons. The largest absolute Gasteiger partial charge is 0.497 e. The van der Waals surface area contributed by atoms with Gasteiger partial charge >= 0.3 is 0 Å². The number of fused-ring (bicyclic) bond motifs is 3. The van der Waals surface area contributed by atoms with Crippen molar-refractivity contribution in [1.82, 2.24) is 24.7 Å². The molecule has 5 rings (SSSR count). The first kappa shape index (κ1) is 19.2. The molecule has 3 heterocycles. The molecule has 1 aliphatic carbocycles. The van der Waals surface area contributed by atoms with Crippen molar-refractivity contribution in [3.05, 3.63) is 75.0 Å². The highest BCUT2D eigenvalue weighted by Gasteiger charge is 2.30. The highest BCUT2D eigenvalue weighted by molar-refractivity contribution is 6.02. The van der Waals surface area contributed by atoms with E-state index >= 15 is 0 Å². The number of aromatic amines is 1. The van der Waals surface area contributed by atoms with Gasteiger partial charge in [-0.15, -0.1) is 0 Å². The second-order valence-corrected chi connectivity index (χ2v) is 7.88. The number of ketones is 1. The van der Waals surface area contributed by atoms with Gasteiger partial charge in [0.25, 0.3) is 11.5 Å². The molecule has 0 fully saturated rings. The number of hydrogen-bond acceptors (Lipinski definition) is 6. The summed E-state index contributed by atoms with van der Waals surface area (Å²) in [4.78, 5) is 39.4. The van der Waals surface area contributed by atoms with Crippen LogP contribution in [0.2, 0.25) is 0 Å². The Balaban J connectivity index is 1.64. The van der Waals surface area contributed by atoms with Crippen LogP contribution in [-0.2, 0) is 6.42 Å². The number of aryl methyl sites for hydroxylation is 2. The number of carbonyl (C=O) groups excluding carboxylic acids is 1. The number of carbonyl (C=O) groups is 1. The molecule has 3 aromatic heterocycles. The third-order valence-corrected chi connectivity index (χ3v) is 5.76. The van der Waals surface area contributed by atoms with E-state index in [0.29, 0.717) is 29.4 Å². The van der Waals surface area contributed by atoms with E-state index in [2.05, 4.69) is 20.1 Å². The fraction of sp³-hybridized carbons (Fsp3) is 0.261. The molecule has 0 aliphatic heterocycles. The number of nitrogens with zero attached hydrogens (tertiary/aromatic N) is 4. The molecule has 8 heteroatoms. The van der Waals surface area contributed by atoms with Gasteiger partial charge in [0, 0.05) is 29.6 Å².